The molecule has 2 heterocycles. The van der Waals surface area contributed by atoms with Crippen LogP contribution in [0.15, 0.2) is 0 Å². The van der Waals surface area contributed by atoms with E-state index in [1.165, 1.54) is 38.5 Å². The summed E-state index contributed by atoms with van der Waals surface area (Å²) in [7, 11) is 0. The normalized spacial score (nSPS) is 34.8. The van der Waals surface area contributed by atoms with Crippen molar-refractivity contribution in [2.75, 3.05) is 0 Å². The average Bonchev–Trinajstić information content (AvgIpc) is 2.01. The Labute approximate surface area is 83.6 Å². The van der Waals surface area contributed by atoms with E-state index in [1.807, 2.05) is 0 Å². The zero-order valence-corrected chi connectivity index (χ0v) is 9.47. The van der Waals surface area contributed by atoms with Gasteiger partial charge in [0.1, 0.15) is 0 Å². The van der Waals surface area contributed by atoms with Gasteiger partial charge in [0, 0.05) is 0 Å². The number of hydrogen-bond acceptors (Lipinski definition) is 0. The van der Waals surface area contributed by atoms with Crippen LogP contribution >= 0.6 is 0 Å². The van der Waals surface area contributed by atoms with Gasteiger partial charge >= 0.3 is 0 Å². The summed E-state index contributed by atoms with van der Waals surface area (Å²) in [5, 5.41) is 0.566. The van der Waals surface area contributed by atoms with E-state index in [4.69, 9.17) is 0 Å². The zero-order chi connectivity index (χ0) is 9.47. The molecule has 13 heavy (non-hydrogen) atoms. The molecule has 0 aliphatic carbocycles. The van der Waals surface area contributed by atoms with E-state index in [1.54, 1.807) is 0 Å². The lowest BCUT2D eigenvalue weighted by Crippen LogP contribution is -2.41. The Balaban J connectivity index is 2.15. The molecule has 74 valence electrons. The minimum Gasteiger partial charge on any atom is -0.0667 e. The van der Waals surface area contributed by atoms with Gasteiger partial charge < -0.3 is 0 Å². The van der Waals surface area contributed by atoms with Gasteiger partial charge in [-0.2, -0.15) is 0 Å². The predicted molar refractivity (Wildman–Crippen MR) is 60.7 cm³/mol. The van der Waals surface area contributed by atoms with Crippen LogP contribution in [0, 0.1) is 0 Å². The topological polar surface area (TPSA) is 0 Å². The summed E-state index contributed by atoms with van der Waals surface area (Å²) < 4.78 is 0. The molecule has 0 nitrogen and oxygen atoms in total. The van der Waals surface area contributed by atoms with Gasteiger partial charge in [-0.25, -0.2) is 0 Å². The standard InChI is InChI=1S/C12H23B/c1-12(2,3)13-10-6-4-7-11(13)9-5-8-10/h10-11H,4-9H2,1-3H3. The van der Waals surface area contributed by atoms with Crippen LogP contribution in [-0.2, 0) is 0 Å². The molecule has 0 aromatic heterocycles. The van der Waals surface area contributed by atoms with E-state index in [0.29, 0.717) is 5.31 Å². The van der Waals surface area contributed by atoms with E-state index in [0.717, 1.165) is 18.3 Å². The summed E-state index contributed by atoms with van der Waals surface area (Å²) in [6.45, 7) is 8.40. The molecule has 0 spiro atoms. The highest BCUT2D eigenvalue weighted by Gasteiger charge is 2.45. The summed E-state index contributed by atoms with van der Waals surface area (Å²) in [6.07, 6.45) is 9.14. The Kier molecular flexibility index (Phi) is 2.46. The van der Waals surface area contributed by atoms with E-state index in [2.05, 4.69) is 20.8 Å². The molecule has 2 aliphatic heterocycles. The van der Waals surface area contributed by atoms with Crippen molar-refractivity contribution in [3.8, 4) is 0 Å². The van der Waals surface area contributed by atoms with Gasteiger partial charge in [0.25, 0.3) is 0 Å². The third kappa shape index (κ3) is 1.80. The number of hydrogen-bond donors (Lipinski definition) is 0. The van der Waals surface area contributed by atoms with Crippen LogP contribution < -0.4 is 0 Å². The molecule has 1 heteroatoms. The van der Waals surface area contributed by atoms with Crippen molar-refractivity contribution >= 4 is 6.71 Å². The molecule has 0 aromatic carbocycles. The molecule has 0 atom stereocenters. The molecule has 2 aliphatic rings. The molecule has 0 radical (unpaired) electrons. The maximum atomic E-state index is 2.45. The van der Waals surface area contributed by atoms with Crippen LogP contribution in [-0.4, -0.2) is 6.71 Å². The highest BCUT2D eigenvalue weighted by molar-refractivity contribution is 6.65. The third-order valence-corrected chi connectivity index (χ3v) is 4.32. The molecule has 0 N–H and O–H groups in total. The van der Waals surface area contributed by atoms with Crippen LogP contribution in [0.5, 0.6) is 0 Å². The van der Waals surface area contributed by atoms with E-state index in [9.17, 15) is 0 Å². The minimum atomic E-state index is 0.566. The van der Waals surface area contributed by atoms with Gasteiger partial charge in [-0.3, -0.25) is 0 Å². The largest absolute Gasteiger partial charge is 0.152 e. The van der Waals surface area contributed by atoms with Gasteiger partial charge in [0.2, 0.25) is 0 Å². The fourth-order valence-corrected chi connectivity index (χ4v) is 4.09. The molecule has 2 bridgehead atoms. The quantitative estimate of drug-likeness (QED) is 0.482. The Hall–Kier alpha value is 0.0649. The monoisotopic (exact) mass is 178 g/mol. The van der Waals surface area contributed by atoms with Crippen molar-refractivity contribution in [1.82, 2.24) is 0 Å². The summed E-state index contributed by atoms with van der Waals surface area (Å²) in [4.78, 5) is 0. The highest BCUT2D eigenvalue weighted by atomic mass is 14.3. The molecule has 2 saturated heterocycles. The first kappa shape index (κ1) is 9.61. The van der Waals surface area contributed by atoms with Crippen molar-refractivity contribution in [3.05, 3.63) is 0 Å². The zero-order valence-electron chi connectivity index (χ0n) is 9.47. The third-order valence-electron chi connectivity index (χ3n) is 4.32. The average molecular weight is 178 g/mol. The first-order chi connectivity index (χ1) is 6.09. The molecule has 0 aromatic rings. The Morgan fingerprint density at radius 3 is 1.46 bits per heavy atom. The predicted octanol–water partition coefficient (Wildman–Crippen LogP) is 4.39. The molecular weight excluding hydrogens is 155 g/mol. The summed E-state index contributed by atoms with van der Waals surface area (Å²) in [6, 6.07) is 0. The second kappa shape index (κ2) is 3.33. The van der Waals surface area contributed by atoms with Crippen LogP contribution in [0.3, 0.4) is 0 Å². The summed E-state index contributed by atoms with van der Waals surface area (Å²) in [5.41, 5.74) is 0. The minimum absolute atomic E-state index is 0.566. The molecule has 2 rings (SSSR count). The van der Waals surface area contributed by atoms with Gasteiger partial charge in [-0.15, -0.1) is 0 Å². The molecule has 0 unspecified atom stereocenters. The van der Waals surface area contributed by atoms with E-state index < -0.39 is 0 Å². The Morgan fingerprint density at radius 2 is 1.23 bits per heavy atom. The van der Waals surface area contributed by atoms with E-state index in [-0.39, 0.29) is 0 Å². The fourth-order valence-electron chi connectivity index (χ4n) is 4.09. The van der Waals surface area contributed by atoms with Crippen LogP contribution in [0.2, 0.25) is 16.9 Å². The summed E-state index contributed by atoms with van der Waals surface area (Å²) in [5.74, 6) is 2.15. The second-order valence-corrected chi connectivity index (χ2v) is 6.27. The number of rotatable bonds is 0. The van der Waals surface area contributed by atoms with Gasteiger partial charge in [0.15, 0.2) is 6.71 Å². The molecular formula is C12H23B. The molecule has 2 fully saturated rings. The van der Waals surface area contributed by atoms with Gasteiger partial charge in [-0.1, -0.05) is 76.2 Å². The fraction of sp³-hybridized carbons (Fsp3) is 1.00. The SMILES string of the molecule is CC(C)(C)B1C2CCCC1CCC2. The molecule has 0 saturated carbocycles. The maximum Gasteiger partial charge on any atom is 0.152 e. The summed E-state index contributed by atoms with van der Waals surface area (Å²) >= 11 is 0. The van der Waals surface area contributed by atoms with Gasteiger partial charge in [0.05, 0.1) is 0 Å². The Bertz CT molecular complexity index is 158. The maximum absolute atomic E-state index is 2.45. The van der Waals surface area contributed by atoms with E-state index >= 15 is 0 Å². The van der Waals surface area contributed by atoms with Crippen LogP contribution in [0.25, 0.3) is 0 Å². The van der Waals surface area contributed by atoms with Crippen molar-refractivity contribution < 1.29 is 0 Å². The lowest BCUT2D eigenvalue weighted by molar-refractivity contribution is 0.423. The lowest BCUT2D eigenvalue weighted by atomic mass is 9.19. The van der Waals surface area contributed by atoms with Gasteiger partial charge in [-0.05, 0) is 0 Å². The lowest BCUT2D eigenvalue weighted by Gasteiger charge is -2.47. The first-order valence-corrected chi connectivity index (χ1v) is 6.09. The van der Waals surface area contributed by atoms with Crippen molar-refractivity contribution in [1.29, 1.82) is 0 Å². The Morgan fingerprint density at radius 1 is 0.846 bits per heavy atom. The van der Waals surface area contributed by atoms with Crippen LogP contribution in [0.1, 0.15) is 59.3 Å². The molecule has 0 amide bonds. The smallest absolute Gasteiger partial charge is 0.0667 e. The highest BCUT2D eigenvalue weighted by Crippen LogP contribution is 2.54. The van der Waals surface area contributed by atoms with Crippen molar-refractivity contribution in [2.24, 2.45) is 0 Å². The van der Waals surface area contributed by atoms with Crippen LogP contribution in [0.4, 0.5) is 0 Å². The number of fused-ring (bicyclic) bond motifs is 2. The first-order valence-electron chi connectivity index (χ1n) is 6.09. The second-order valence-electron chi connectivity index (χ2n) is 6.27. The van der Waals surface area contributed by atoms with Crippen molar-refractivity contribution in [2.45, 2.75) is 76.2 Å². The van der Waals surface area contributed by atoms with Crippen molar-refractivity contribution in [3.63, 3.8) is 0 Å².